The van der Waals surface area contributed by atoms with E-state index in [2.05, 4.69) is 43.9 Å². The maximum absolute atomic E-state index is 4.69. The van der Waals surface area contributed by atoms with Gasteiger partial charge in [-0.3, -0.25) is 9.58 Å². The maximum Gasteiger partial charge on any atom is 0.226 e. The van der Waals surface area contributed by atoms with Crippen LogP contribution in [0.2, 0.25) is 0 Å². The molecule has 0 spiro atoms. The zero-order valence-electron chi connectivity index (χ0n) is 15.3. The Morgan fingerprint density at radius 3 is 2.33 bits per heavy atom. The highest BCUT2D eigenvalue weighted by Crippen LogP contribution is 2.18. The van der Waals surface area contributed by atoms with Crippen LogP contribution in [0.5, 0.6) is 0 Å². The largest absolute Gasteiger partial charge is 0.354 e. The lowest BCUT2D eigenvalue weighted by Crippen LogP contribution is -2.46. The second-order valence-electron chi connectivity index (χ2n) is 6.73. The van der Waals surface area contributed by atoms with Crippen LogP contribution in [0, 0.1) is 13.8 Å². The minimum Gasteiger partial charge on any atom is -0.354 e. The molecule has 3 heterocycles. The number of piperazine rings is 1. The van der Waals surface area contributed by atoms with E-state index >= 15 is 0 Å². The minimum absolute atomic E-state index is 0.774. The lowest BCUT2D eigenvalue weighted by molar-refractivity contribution is 0.246. The molecule has 24 heavy (non-hydrogen) atoms. The normalized spacial score (nSPS) is 15.8. The number of anilines is 2. The number of hydrogen-bond donors (Lipinski definition) is 0. The van der Waals surface area contributed by atoms with Gasteiger partial charge in [0.05, 0.1) is 5.69 Å². The van der Waals surface area contributed by atoms with E-state index in [0.29, 0.717) is 0 Å². The first-order valence-electron chi connectivity index (χ1n) is 8.42. The molecule has 0 atom stereocenters. The highest BCUT2D eigenvalue weighted by molar-refractivity contribution is 5.45. The topological polar surface area (TPSA) is 53.3 Å². The van der Waals surface area contributed by atoms with Crippen LogP contribution in [0.15, 0.2) is 12.1 Å². The first kappa shape index (κ1) is 16.7. The molecule has 130 valence electrons. The smallest absolute Gasteiger partial charge is 0.226 e. The lowest BCUT2D eigenvalue weighted by atomic mass is 10.2. The van der Waals surface area contributed by atoms with Gasteiger partial charge in [-0.15, -0.1) is 0 Å². The Balaban J connectivity index is 1.62. The van der Waals surface area contributed by atoms with E-state index < -0.39 is 0 Å². The van der Waals surface area contributed by atoms with Crippen LogP contribution in [0.25, 0.3) is 0 Å². The minimum atomic E-state index is 0.774. The van der Waals surface area contributed by atoms with Gasteiger partial charge in [0.1, 0.15) is 5.82 Å². The Morgan fingerprint density at radius 1 is 1.04 bits per heavy atom. The standard InChI is InChI=1S/C17H27N7/c1-13-10-16(19-17(18-13)21(3)4)24-8-6-23(7-9-24)12-15-11-14(2)22(5)20-15/h10-11H,6-9,12H2,1-5H3. The van der Waals surface area contributed by atoms with Crippen molar-refractivity contribution in [1.29, 1.82) is 0 Å². The lowest BCUT2D eigenvalue weighted by Gasteiger charge is -2.35. The first-order chi connectivity index (χ1) is 11.4. The zero-order valence-corrected chi connectivity index (χ0v) is 15.3. The molecule has 1 aliphatic heterocycles. The van der Waals surface area contributed by atoms with Crippen molar-refractivity contribution in [3.8, 4) is 0 Å². The van der Waals surface area contributed by atoms with Crippen LogP contribution in [0.4, 0.5) is 11.8 Å². The van der Waals surface area contributed by atoms with Crippen molar-refractivity contribution in [2.24, 2.45) is 7.05 Å². The number of aromatic nitrogens is 4. The Hall–Kier alpha value is -2.15. The molecule has 0 aromatic carbocycles. The monoisotopic (exact) mass is 329 g/mol. The second-order valence-corrected chi connectivity index (χ2v) is 6.73. The second kappa shape index (κ2) is 6.76. The molecule has 0 bridgehead atoms. The maximum atomic E-state index is 4.69. The zero-order chi connectivity index (χ0) is 17.3. The number of nitrogens with zero attached hydrogens (tertiary/aromatic N) is 7. The SMILES string of the molecule is Cc1cc(N2CCN(Cc3cc(C)n(C)n3)CC2)nc(N(C)C)n1. The predicted molar refractivity (Wildman–Crippen MR) is 96.5 cm³/mol. The molecule has 1 saturated heterocycles. The van der Waals surface area contributed by atoms with Crippen molar-refractivity contribution in [2.75, 3.05) is 50.1 Å². The van der Waals surface area contributed by atoms with Gasteiger partial charge >= 0.3 is 0 Å². The van der Waals surface area contributed by atoms with E-state index in [4.69, 9.17) is 0 Å². The third-order valence-corrected chi connectivity index (χ3v) is 4.48. The van der Waals surface area contributed by atoms with Gasteiger partial charge in [-0.25, -0.2) is 4.98 Å². The summed E-state index contributed by atoms with van der Waals surface area (Å²) in [6.45, 7) is 9.05. The van der Waals surface area contributed by atoms with Crippen molar-refractivity contribution in [1.82, 2.24) is 24.6 Å². The number of aryl methyl sites for hydroxylation is 3. The third kappa shape index (κ3) is 3.67. The molecule has 0 N–H and O–H groups in total. The Morgan fingerprint density at radius 2 is 1.75 bits per heavy atom. The van der Waals surface area contributed by atoms with E-state index in [1.165, 1.54) is 5.69 Å². The van der Waals surface area contributed by atoms with Gasteiger partial charge in [0, 0.05) is 71.3 Å². The quantitative estimate of drug-likeness (QED) is 0.841. The summed E-state index contributed by atoms with van der Waals surface area (Å²) in [5.41, 5.74) is 3.36. The highest BCUT2D eigenvalue weighted by Gasteiger charge is 2.20. The molecule has 0 saturated carbocycles. The summed E-state index contributed by atoms with van der Waals surface area (Å²) in [7, 11) is 5.95. The van der Waals surface area contributed by atoms with E-state index in [0.717, 1.165) is 55.9 Å². The molecule has 1 aliphatic rings. The predicted octanol–water partition coefficient (Wildman–Crippen LogP) is 1.22. The highest BCUT2D eigenvalue weighted by atomic mass is 15.3. The Labute approximate surface area is 143 Å². The molecule has 1 fully saturated rings. The summed E-state index contributed by atoms with van der Waals surface area (Å²) < 4.78 is 1.94. The first-order valence-corrected chi connectivity index (χ1v) is 8.42. The van der Waals surface area contributed by atoms with E-state index in [9.17, 15) is 0 Å². The number of rotatable bonds is 4. The summed E-state index contributed by atoms with van der Waals surface area (Å²) >= 11 is 0. The summed E-state index contributed by atoms with van der Waals surface area (Å²) in [6, 6.07) is 4.24. The fourth-order valence-electron chi connectivity index (χ4n) is 2.97. The molecule has 0 unspecified atom stereocenters. The molecule has 2 aromatic rings. The van der Waals surface area contributed by atoms with Crippen molar-refractivity contribution in [3.63, 3.8) is 0 Å². The van der Waals surface area contributed by atoms with Gasteiger partial charge in [0.2, 0.25) is 5.95 Å². The van der Waals surface area contributed by atoms with E-state index in [1.54, 1.807) is 0 Å². The molecule has 0 aliphatic carbocycles. The van der Waals surface area contributed by atoms with E-state index in [-0.39, 0.29) is 0 Å². The van der Waals surface area contributed by atoms with Crippen LogP contribution in [-0.2, 0) is 13.6 Å². The Bertz CT molecular complexity index is 679. The fraction of sp³-hybridized carbons (Fsp3) is 0.588. The van der Waals surface area contributed by atoms with Crippen molar-refractivity contribution in [3.05, 3.63) is 29.2 Å². The molecular weight excluding hydrogens is 302 g/mol. The molecule has 0 amide bonds. The molecule has 7 nitrogen and oxygen atoms in total. The number of hydrogen-bond acceptors (Lipinski definition) is 6. The van der Waals surface area contributed by atoms with Gasteiger partial charge in [0.25, 0.3) is 0 Å². The molecule has 0 radical (unpaired) electrons. The Kier molecular flexibility index (Phi) is 4.71. The summed E-state index contributed by atoms with van der Waals surface area (Å²) in [5, 5.41) is 4.56. The van der Waals surface area contributed by atoms with Gasteiger partial charge in [-0.05, 0) is 19.9 Å². The van der Waals surface area contributed by atoms with Gasteiger partial charge in [0.15, 0.2) is 0 Å². The molecular formula is C17H27N7. The third-order valence-electron chi connectivity index (χ3n) is 4.48. The average molecular weight is 329 g/mol. The van der Waals surface area contributed by atoms with Crippen LogP contribution in [0.3, 0.4) is 0 Å². The van der Waals surface area contributed by atoms with Crippen molar-refractivity contribution in [2.45, 2.75) is 20.4 Å². The van der Waals surface area contributed by atoms with Crippen molar-refractivity contribution < 1.29 is 0 Å². The fourth-order valence-corrected chi connectivity index (χ4v) is 2.97. The summed E-state index contributed by atoms with van der Waals surface area (Å²) in [5.74, 6) is 1.80. The molecule has 3 rings (SSSR count). The van der Waals surface area contributed by atoms with Gasteiger partial charge in [-0.2, -0.15) is 10.1 Å². The molecule has 2 aromatic heterocycles. The van der Waals surface area contributed by atoms with Gasteiger partial charge in [-0.1, -0.05) is 0 Å². The summed E-state index contributed by atoms with van der Waals surface area (Å²) in [6.07, 6.45) is 0. The summed E-state index contributed by atoms with van der Waals surface area (Å²) in [4.78, 5) is 15.9. The van der Waals surface area contributed by atoms with E-state index in [1.807, 2.05) is 37.6 Å². The van der Waals surface area contributed by atoms with Crippen molar-refractivity contribution >= 4 is 11.8 Å². The average Bonchev–Trinajstić information content (AvgIpc) is 2.85. The van der Waals surface area contributed by atoms with Crippen LogP contribution >= 0.6 is 0 Å². The van der Waals surface area contributed by atoms with Crippen LogP contribution < -0.4 is 9.80 Å². The van der Waals surface area contributed by atoms with Crippen LogP contribution in [0.1, 0.15) is 17.1 Å². The molecule has 7 heteroatoms. The van der Waals surface area contributed by atoms with Gasteiger partial charge < -0.3 is 9.80 Å². The van der Waals surface area contributed by atoms with Crippen LogP contribution in [-0.4, -0.2) is 64.9 Å².